The Labute approximate surface area is 126 Å². The Balaban J connectivity index is 2.44. The molecule has 1 unspecified atom stereocenters. The summed E-state index contributed by atoms with van der Waals surface area (Å²) in [6.07, 6.45) is 0. The van der Waals surface area contributed by atoms with E-state index in [0.29, 0.717) is 21.3 Å². The van der Waals surface area contributed by atoms with Gasteiger partial charge in [0.25, 0.3) is 0 Å². The average Bonchev–Trinajstić information content (AvgIpc) is 2.41. The van der Waals surface area contributed by atoms with E-state index in [2.05, 4.69) is 31.9 Å². The minimum atomic E-state index is -0.559. The smallest absolute Gasteiger partial charge is 0.142 e. The van der Waals surface area contributed by atoms with E-state index < -0.39 is 16.5 Å². The van der Waals surface area contributed by atoms with Crippen molar-refractivity contribution in [3.05, 3.63) is 63.6 Å². The van der Waals surface area contributed by atoms with Crippen LogP contribution in [0.15, 0.2) is 40.9 Å². The molecule has 2 aromatic rings. The van der Waals surface area contributed by atoms with Gasteiger partial charge < -0.3 is 4.74 Å². The van der Waals surface area contributed by atoms with E-state index in [0.717, 1.165) is 0 Å². The molecule has 0 aliphatic carbocycles. The standard InChI is InChI=1S/C14H10Br2F2O/c1-19-8-5-6-9(12(17)7-8)13(16)10-3-2-4-11(15)14(10)18/h2-7,13H,1H3. The van der Waals surface area contributed by atoms with Crippen molar-refractivity contribution in [3.63, 3.8) is 0 Å². The molecule has 0 fully saturated rings. The van der Waals surface area contributed by atoms with E-state index in [1.54, 1.807) is 30.3 Å². The SMILES string of the molecule is COc1ccc(C(Br)c2cccc(Br)c2F)c(F)c1. The zero-order valence-corrected chi connectivity index (χ0v) is 13.1. The number of halogens is 4. The fourth-order valence-electron chi connectivity index (χ4n) is 1.72. The number of hydrogen-bond acceptors (Lipinski definition) is 1. The average molecular weight is 392 g/mol. The second-order valence-electron chi connectivity index (χ2n) is 3.89. The zero-order valence-electron chi connectivity index (χ0n) is 9.96. The van der Waals surface area contributed by atoms with Crippen LogP contribution < -0.4 is 4.74 Å². The van der Waals surface area contributed by atoms with Crippen molar-refractivity contribution in [2.75, 3.05) is 7.11 Å². The summed E-state index contributed by atoms with van der Waals surface area (Å²) in [5.74, 6) is -0.421. The van der Waals surface area contributed by atoms with Gasteiger partial charge in [-0.3, -0.25) is 0 Å². The summed E-state index contributed by atoms with van der Waals surface area (Å²) in [6.45, 7) is 0. The minimum Gasteiger partial charge on any atom is -0.497 e. The van der Waals surface area contributed by atoms with Gasteiger partial charge in [-0.25, -0.2) is 8.78 Å². The molecule has 0 bridgehead atoms. The lowest BCUT2D eigenvalue weighted by molar-refractivity contribution is 0.411. The van der Waals surface area contributed by atoms with Crippen molar-refractivity contribution in [1.82, 2.24) is 0 Å². The quantitative estimate of drug-likeness (QED) is 0.651. The highest BCUT2D eigenvalue weighted by atomic mass is 79.9. The van der Waals surface area contributed by atoms with Gasteiger partial charge in [0.05, 0.1) is 16.4 Å². The maximum absolute atomic E-state index is 14.0. The van der Waals surface area contributed by atoms with Crippen LogP contribution in [-0.2, 0) is 0 Å². The summed E-state index contributed by atoms with van der Waals surface area (Å²) >= 11 is 6.45. The maximum Gasteiger partial charge on any atom is 0.142 e. The fraction of sp³-hybridized carbons (Fsp3) is 0.143. The summed E-state index contributed by atoms with van der Waals surface area (Å²) in [6, 6.07) is 9.42. The van der Waals surface area contributed by atoms with Gasteiger partial charge in [-0.05, 0) is 28.1 Å². The molecule has 2 aromatic carbocycles. The van der Waals surface area contributed by atoms with Crippen molar-refractivity contribution in [3.8, 4) is 5.75 Å². The van der Waals surface area contributed by atoms with Gasteiger partial charge in [-0.2, -0.15) is 0 Å². The molecule has 1 atom stereocenters. The van der Waals surface area contributed by atoms with Crippen LogP contribution in [0.4, 0.5) is 8.78 Å². The third kappa shape index (κ3) is 2.98. The lowest BCUT2D eigenvalue weighted by Crippen LogP contribution is -2.00. The highest BCUT2D eigenvalue weighted by Gasteiger charge is 2.19. The first-order valence-electron chi connectivity index (χ1n) is 5.46. The predicted molar refractivity (Wildman–Crippen MR) is 77.8 cm³/mol. The van der Waals surface area contributed by atoms with Gasteiger partial charge in [0, 0.05) is 17.2 Å². The van der Waals surface area contributed by atoms with Crippen LogP contribution in [0, 0.1) is 11.6 Å². The Bertz CT molecular complexity index is 602. The van der Waals surface area contributed by atoms with Gasteiger partial charge >= 0.3 is 0 Å². The number of alkyl halides is 1. The van der Waals surface area contributed by atoms with Crippen LogP contribution >= 0.6 is 31.9 Å². The predicted octanol–water partition coefficient (Wildman–Crippen LogP) is 5.22. The topological polar surface area (TPSA) is 9.23 Å². The Morgan fingerprint density at radius 3 is 2.47 bits per heavy atom. The first-order valence-corrected chi connectivity index (χ1v) is 7.17. The molecule has 19 heavy (non-hydrogen) atoms. The Kier molecular flexibility index (Phi) is 4.58. The molecule has 0 aliphatic heterocycles. The maximum atomic E-state index is 14.0. The van der Waals surface area contributed by atoms with Gasteiger partial charge in [0.15, 0.2) is 0 Å². The van der Waals surface area contributed by atoms with Gasteiger partial charge in [0.2, 0.25) is 0 Å². The van der Waals surface area contributed by atoms with Gasteiger partial charge in [-0.15, -0.1) is 0 Å². The van der Waals surface area contributed by atoms with Crippen molar-refractivity contribution in [2.45, 2.75) is 4.83 Å². The Hall–Kier alpha value is -0.940. The molecular formula is C14H10Br2F2O. The number of rotatable bonds is 3. The van der Waals surface area contributed by atoms with Crippen LogP contribution in [0.5, 0.6) is 5.75 Å². The van der Waals surface area contributed by atoms with Crippen LogP contribution in [-0.4, -0.2) is 7.11 Å². The third-order valence-corrected chi connectivity index (χ3v) is 4.33. The van der Waals surface area contributed by atoms with Crippen molar-refractivity contribution in [1.29, 1.82) is 0 Å². The molecule has 5 heteroatoms. The molecule has 0 saturated carbocycles. The molecule has 1 nitrogen and oxygen atoms in total. The Morgan fingerprint density at radius 2 is 1.84 bits per heavy atom. The first kappa shape index (κ1) is 14.5. The van der Waals surface area contributed by atoms with Crippen LogP contribution in [0.25, 0.3) is 0 Å². The number of methoxy groups -OCH3 is 1. The fourth-order valence-corrected chi connectivity index (χ4v) is 2.83. The van der Waals surface area contributed by atoms with E-state index in [1.807, 2.05) is 0 Å². The van der Waals surface area contributed by atoms with Crippen LogP contribution in [0.2, 0.25) is 0 Å². The normalized spacial score (nSPS) is 12.3. The Morgan fingerprint density at radius 1 is 1.11 bits per heavy atom. The van der Waals surface area contributed by atoms with Gasteiger partial charge in [-0.1, -0.05) is 34.1 Å². The third-order valence-electron chi connectivity index (χ3n) is 2.74. The number of benzene rings is 2. The van der Waals surface area contributed by atoms with Crippen LogP contribution in [0.1, 0.15) is 16.0 Å². The summed E-state index contributed by atoms with van der Waals surface area (Å²) in [7, 11) is 1.47. The molecule has 2 rings (SSSR count). The van der Waals surface area contributed by atoms with Crippen molar-refractivity contribution >= 4 is 31.9 Å². The second kappa shape index (κ2) is 6.01. The molecule has 0 spiro atoms. The van der Waals surface area contributed by atoms with Crippen molar-refractivity contribution < 1.29 is 13.5 Å². The monoisotopic (exact) mass is 390 g/mol. The molecule has 0 heterocycles. The largest absolute Gasteiger partial charge is 0.497 e. The summed E-state index contributed by atoms with van der Waals surface area (Å²) in [5, 5.41) is 0. The van der Waals surface area contributed by atoms with E-state index in [1.165, 1.54) is 13.2 Å². The lowest BCUT2D eigenvalue weighted by atomic mass is 10.0. The number of hydrogen-bond donors (Lipinski definition) is 0. The molecule has 100 valence electrons. The second-order valence-corrected chi connectivity index (χ2v) is 5.66. The molecular weight excluding hydrogens is 382 g/mol. The molecule has 0 saturated heterocycles. The summed E-state index contributed by atoms with van der Waals surface area (Å²) in [4.78, 5) is -0.559. The molecule has 0 aromatic heterocycles. The highest BCUT2D eigenvalue weighted by Crippen LogP contribution is 2.36. The van der Waals surface area contributed by atoms with Crippen molar-refractivity contribution in [2.24, 2.45) is 0 Å². The summed E-state index contributed by atoms with van der Waals surface area (Å²) < 4.78 is 33.2. The highest BCUT2D eigenvalue weighted by molar-refractivity contribution is 9.10. The van der Waals surface area contributed by atoms with E-state index in [9.17, 15) is 8.78 Å². The van der Waals surface area contributed by atoms with E-state index in [-0.39, 0.29) is 0 Å². The minimum absolute atomic E-state index is 0.350. The summed E-state index contributed by atoms with van der Waals surface area (Å²) in [5.41, 5.74) is 0.733. The zero-order chi connectivity index (χ0) is 14.0. The van der Waals surface area contributed by atoms with E-state index in [4.69, 9.17) is 4.74 Å². The van der Waals surface area contributed by atoms with Crippen LogP contribution in [0.3, 0.4) is 0 Å². The number of ether oxygens (including phenoxy) is 1. The lowest BCUT2D eigenvalue weighted by Gasteiger charge is -2.14. The molecule has 0 N–H and O–H groups in total. The molecule has 0 radical (unpaired) electrons. The first-order chi connectivity index (χ1) is 9.04. The van der Waals surface area contributed by atoms with Gasteiger partial charge in [0.1, 0.15) is 17.4 Å². The molecule has 0 amide bonds. The van der Waals surface area contributed by atoms with E-state index >= 15 is 0 Å². The molecule has 0 aliphatic rings.